The van der Waals surface area contributed by atoms with E-state index < -0.39 is 29.1 Å². The van der Waals surface area contributed by atoms with Crippen LogP contribution < -0.4 is 4.74 Å². The first-order chi connectivity index (χ1) is 17.6. The second-order valence-corrected chi connectivity index (χ2v) is 12.8. The summed E-state index contributed by atoms with van der Waals surface area (Å²) < 4.78 is 11.7. The van der Waals surface area contributed by atoms with Crippen LogP contribution >= 0.6 is 0 Å². The first kappa shape index (κ1) is 29.6. The van der Waals surface area contributed by atoms with Crippen LogP contribution in [0.4, 0.5) is 0 Å². The van der Waals surface area contributed by atoms with Gasteiger partial charge in [0.25, 0.3) is 5.91 Å². The third-order valence-corrected chi connectivity index (χ3v) is 7.01. The zero-order chi connectivity index (χ0) is 28.5. The number of hydrogen-bond donors (Lipinski definition) is 1. The van der Waals surface area contributed by atoms with E-state index >= 15 is 0 Å². The Balaban J connectivity index is 2.26. The lowest BCUT2D eigenvalue weighted by molar-refractivity contribution is -0.168. The number of esters is 1. The van der Waals surface area contributed by atoms with Crippen LogP contribution in [0.5, 0.6) is 5.75 Å². The molecule has 3 atom stereocenters. The van der Waals surface area contributed by atoms with Crippen molar-refractivity contribution in [1.82, 2.24) is 9.88 Å². The van der Waals surface area contributed by atoms with Crippen LogP contribution in [0.3, 0.4) is 0 Å². The number of likely N-dealkylation sites (tertiary alicyclic amines) is 1. The van der Waals surface area contributed by atoms with Gasteiger partial charge in [-0.25, -0.2) is 4.79 Å². The van der Waals surface area contributed by atoms with Gasteiger partial charge >= 0.3 is 5.97 Å². The van der Waals surface area contributed by atoms with Crippen LogP contribution in [-0.4, -0.2) is 51.7 Å². The Morgan fingerprint density at radius 1 is 1.13 bits per heavy atom. The summed E-state index contributed by atoms with van der Waals surface area (Å²) in [6.45, 7) is 15.6. The van der Waals surface area contributed by atoms with E-state index in [0.717, 1.165) is 5.56 Å². The molecule has 1 amide bonds. The molecule has 1 aliphatic rings. The van der Waals surface area contributed by atoms with Gasteiger partial charge in [0, 0.05) is 24.3 Å². The Morgan fingerprint density at radius 2 is 1.82 bits per heavy atom. The summed E-state index contributed by atoms with van der Waals surface area (Å²) in [5.41, 5.74) is -0.182. The molecule has 1 aliphatic heterocycles. The molecule has 38 heavy (non-hydrogen) atoms. The van der Waals surface area contributed by atoms with E-state index in [4.69, 9.17) is 9.47 Å². The summed E-state index contributed by atoms with van der Waals surface area (Å²) >= 11 is 0. The van der Waals surface area contributed by atoms with Crippen molar-refractivity contribution in [2.75, 3.05) is 13.7 Å². The van der Waals surface area contributed by atoms with Crippen molar-refractivity contribution >= 4 is 11.9 Å². The highest BCUT2D eigenvalue weighted by atomic mass is 16.6. The third kappa shape index (κ3) is 6.04. The van der Waals surface area contributed by atoms with Crippen molar-refractivity contribution in [3.63, 3.8) is 0 Å². The number of aliphatic hydroxyl groups is 1. The molecule has 2 heterocycles. The predicted octanol–water partition coefficient (Wildman–Crippen LogP) is 5.71. The number of amides is 1. The molecule has 0 unspecified atom stereocenters. The van der Waals surface area contributed by atoms with Crippen molar-refractivity contribution in [2.24, 2.45) is 11.8 Å². The first-order valence-corrected chi connectivity index (χ1v) is 13.4. The monoisotopic (exact) mass is 524 g/mol. The zero-order valence-corrected chi connectivity index (χ0v) is 24.4. The minimum Gasteiger partial charge on any atom is -0.496 e. The number of pyridine rings is 1. The van der Waals surface area contributed by atoms with Gasteiger partial charge in [-0.2, -0.15) is 0 Å². The van der Waals surface area contributed by atoms with Gasteiger partial charge in [-0.05, 0) is 74.8 Å². The molecule has 208 valence electrons. The van der Waals surface area contributed by atoms with Crippen LogP contribution in [0.1, 0.15) is 95.9 Å². The number of hydrogen-bond acceptors (Lipinski definition) is 6. The fourth-order valence-electron chi connectivity index (χ4n) is 5.61. The van der Waals surface area contributed by atoms with Crippen molar-refractivity contribution in [3.05, 3.63) is 59.4 Å². The first-order valence-electron chi connectivity index (χ1n) is 13.4. The van der Waals surface area contributed by atoms with E-state index in [2.05, 4.69) is 25.8 Å². The standard InChI is InChI=1S/C31H44N2O5/c1-20(2)17-31(28(36)38-30(6,7)8)18-22(19-34)26(24-12-10-11-15-32-24)33(31)27(35)21-13-14-23(29(3,4)5)25(16-21)37-9/h10-16,20,22,26,34H,17-19H2,1-9H3/t22-,26-,31+/m1/s1. The SMILES string of the molecule is COc1cc(C(=O)N2[C@@H](c3ccccn3)[C@@H](CO)C[C@@]2(CC(C)C)C(=O)OC(C)(C)C)ccc1C(C)(C)C. The van der Waals surface area contributed by atoms with Gasteiger partial charge in [-0.1, -0.05) is 46.8 Å². The number of benzene rings is 1. The lowest BCUT2D eigenvalue weighted by Crippen LogP contribution is -2.56. The number of rotatable bonds is 7. The quantitative estimate of drug-likeness (QED) is 0.467. The molecule has 1 aromatic heterocycles. The van der Waals surface area contributed by atoms with E-state index in [9.17, 15) is 14.7 Å². The Morgan fingerprint density at radius 3 is 2.32 bits per heavy atom. The molecular weight excluding hydrogens is 480 g/mol. The van der Waals surface area contributed by atoms with Gasteiger partial charge in [0.1, 0.15) is 16.9 Å². The molecule has 7 nitrogen and oxygen atoms in total. The fourth-order valence-corrected chi connectivity index (χ4v) is 5.61. The molecule has 0 bridgehead atoms. The molecule has 1 saturated heterocycles. The normalized spacial score (nSPS) is 22.0. The zero-order valence-electron chi connectivity index (χ0n) is 24.4. The average Bonchev–Trinajstić information content (AvgIpc) is 3.16. The largest absolute Gasteiger partial charge is 0.496 e. The smallest absolute Gasteiger partial charge is 0.332 e. The summed E-state index contributed by atoms with van der Waals surface area (Å²) in [6, 6.07) is 10.4. The van der Waals surface area contributed by atoms with Gasteiger partial charge in [-0.15, -0.1) is 0 Å². The number of ether oxygens (including phenoxy) is 2. The summed E-state index contributed by atoms with van der Waals surface area (Å²) in [6.07, 6.45) is 2.34. The number of nitrogens with zero attached hydrogens (tertiary/aromatic N) is 2. The lowest BCUT2D eigenvalue weighted by Gasteiger charge is -2.41. The second-order valence-electron chi connectivity index (χ2n) is 12.8. The van der Waals surface area contributed by atoms with Crippen LogP contribution in [-0.2, 0) is 14.9 Å². The van der Waals surface area contributed by atoms with E-state index in [-0.39, 0.29) is 30.3 Å². The fraction of sp³-hybridized carbons (Fsp3) is 0.581. The maximum Gasteiger partial charge on any atom is 0.332 e. The highest BCUT2D eigenvalue weighted by Gasteiger charge is 2.60. The van der Waals surface area contributed by atoms with Gasteiger partial charge in [-0.3, -0.25) is 9.78 Å². The molecule has 0 radical (unpaired) electrons. The average molecular weight is 525 g/mol. The molecule has 3 rings (SSSR count). The summed E-state index contributed by atoms with van der Waals surface area (Å²) in [4.78, 5) is 34.8. The van der Waals surface area contributed by atoms with E-state index in [1.807, 2.05) is 58.9 Å². The Bertz CT molecular complexity index is 1130. The van der Waals surface area contributed by atoms with Crippen LogP contribution in [0.15, 0.2) is 42.6 Å². The number of aromatic nitrogens is 1. The van der Waals surface area contributed by atoms with Crippen LogP contribution in [0.25, 0.3) is 0 Å². The van der Waals surface area contributed by atoms with Crippen molar-refractivity contribution in [1.29, 1.82) is 0 Å². The van der Waals surface area contributed by atoms with Crippen molar-refractivity contribution in [3.8, 4) is 5.75 Å². The molecule has 7 heteroatoms. The van der Waals surface area contributed by atoms with E-state index in [0.29, 0.717) is 23.4 Å². The Hall–Kier alpha value is -2.93. The number of carbonyl (C=O) groups is 2. The predicted molar refractivity (Wildman–Crippen MR) is 148 cm³/mol. The summed E-state index contributed by atoms with van der Waals surface area (Å²) in [5, 5.41) is 10.5. The highest BCUT2D eigenvalue weighted by molar-refractivity contribution is 5.99. The number of methoxy groups -OCH3 is 1. The molecule has 1 N–H and O–H groups in total. The molecule has 0 saturated carbocycles. The minimum absolute atomic E-state index is 0.0810. The molecule has 0 aliphatic carbocycles. The van der Waals surface area contributed by atoms with Crippen molar-refractivity contribution < 1.29 is 24.2 Å². The topological polar surface area (TPSA) is 89.0 Å². The molecular formula is C31H44N2O5. The van der Waals surface area contributed by atoms with Crippen LogP contribution in [0, 0.1) is 11.8 Å². The Labute approximate surface area is 227 Å². The molecule has 0 spiro atoms. The third-order valence-electron chi connectivity index (χ3n) is 7.01. The Kier molecular flexibility index (Phi) is 8.61. The second kappa shape index (κ2) is 11.0. The summed E-state index contributed by atoms with van der Waals surface area (Å²) in [5.74, 6) is -0.472. The van der Waals surface area contributed by atoms with Crippen molar-refractivity contribution in [2.45, 2.75) is 90.8 Å². The minimum atomic E-state index is -1.27. The number of carbonyl (C=O) groups excluding carboxylic acids is 2. The molecule has 1 fully saturated rings. The van der Waals surface area contributed by atoms with Gasteiger partial charge in [0.15, 0.2) is 0 Å². The highest BCUT2D eigenvalue weighted by Crippen LogP contribution is 2.51. The maximum absolute atomic E-state index is 14.5. The lowest BCUT2D eigenvalue weighted by atomic mass is 9.83. The number of aliphatic hydroxyl groups excluding tert-OH is 1. The maximum atomic E-state index is 14.5. The van der Waals surface area contributed by atoms with Gasteiger partial charge in [0.05, 0.1) is 18.8 Å². The van der Waals surface area contributed by atoms with Gasteiger partial charge in [0.2, 0.25) is 0 Å². The summed E-state index contributed by atoms with van der Waals surface area (Å²) in [7, 11) is 1.59. The molecule has 1 aromatic carbocycles. The van der Waals surface area contributed by atoms with E-state index in [1.54, 1.807) is 30.3 Å². The van der Waals surface area contributed by atoms with Crippen LogP contribution in [0.2, 0.25) is 0 Å². The van der Waals surface area contributed by atoms with E-state index in [1.165, 1.54) is 0 Å². The van der Waals surface area contributed by atoms with Gasteiger partial charge < -0.3 is 19.5 Å². The molecule has 2 aromatic rings.